The molecule has 0 amide bonds. The maximum atomic E-state index is 4.03. The molecule has 2 atom stereocenters. The minimum Gasteiger partial charge on any atom is -0.0601 e. The van der Waals surface area contributed by atoms with E-state index in [4.69, 9.17) is 0 Å². The lowest BCUT2D eigenvalue weighted by Gasteiger charge is -2.27. The molecule has 0 N–H and O–H groups in total. The van der Waals surface area contributed by atoms with Gasteiger partial charge in [0, 0.05) is 5.90 Å². The Bertz CT molecular complexity index is 214. The molecule has 2 fully saturated rings. The van der Waals surface area contributed by atoms with Gasteiger partial charge >= 0.3 is 0 Å². The predicted octanol–water partition coefficient (Wildman–Crippen LogP) is 7.69. The summed E-state index contributed by atoms with van der Waals surface area (Å²) in [5.41, 5.74) is 0. The van der Waals surface area contributed by atoms with E-state index in [1.54, 1.807) is 0 Å². The highest BCUT2D eigenvalue weighted by atomic mass is 79.9. The van der Waals surface area contributed by atoms with Crippen LogP contribution in [0.3, 0.4) is 0 Å². The van der Waals surface area contributed by atoms with Crippen LogP contribution in [0.5, 0.6) is 0 Å². The zero-order chi connectivity index (χ0) is 13.5. The quantitative estimate of drug-likeness (QED) is 0.379. The van der Waals surface area contributed by atoms with Crippen molar-refractivity contribution in [2.75, 3.05) is 18.2 Å². The molecule has 0 nitrogen and oxygen atoms in total. The number of hydrogen-bond donors (Lipinski definition) is 0. The Morgan fingerprint density at radius 1 is 0.632 bits per heavy atom. The van der Waals surface area contributed by atoms with Crippen LogP contribution in [0.2, 0.25) is 0 Å². The van der Waals surface area contributed by atoms with E-state index in [1.165, 1.54) is 82.4 Å². The van der Waals surface area contributed by atoms with Gasteiger partial charge in [-0.1, -0.05) is 95.2 Å². The number of rotatable bonds is 6. The second-order valence-electron chi connectivity index (χ2n) is 6.44. The van der Waals surface area contributed by atoms with Crippen molar-refractivity contribution in [1.29, 1.82) is 0 Å². The second-order valence-corrected chi connectivity index (χ2v) is 16.2. The van der Waals surface area contributed by atoms with Gasteiger partial charge in [-0.3, -0.25) is 0 Å². The van der Waals surface area contributed by atoms with Gasteiger partial charge in [-0.05, 0) is 37.4 Å². The molecule has 112 valence electrons. The van der Waals surface area contributed by atoms with E-state index in [9.17, 15) is 0 Å². The molecule has 0 saturated heterocycles. The van der Waals surface area contributed by atoms with E-state index in [-0.39, 0.29) is 13.2 Å². The highest BCUT2D eigenvalue weighted by Gasteiger charge is 2.22. The van der Waals surface area contributed by atoms with Crippen molar-refractivity contribution in [3.63, 3.8) is 0 Å². The average Bonchev–Trinajstić information content (AvgIpc) is 2.40. The van der Waals surface area contributed by atoms with E-state index < -0.39 is 0 Å². The molecule has 2 rings (SSSR count). The Morgan fingerprint density at radius 3 is 1.37 bits per heavy atom. The summed E-state index contributed by atoms with van der Waals surface area (Å²) in [6, 6.07) is 0. The summed E-state index contributed by atoms with van der Waals surface area (Å²) in [6.45, 7) is 0.249. The van der Waals surface area contributed by atoms with Crippen LogP contribution < -0.4 is 0 Å². The lowest BCUT2D eigenvalue weighted by atomic mass is 9.91. The molecule has 0 aliphatic heterocycles. The van der Waals surface area contributed by atoms with Gasteiger partial charge in [0.1, 0.15) is 0 Å². The molecule has 2 unspecified atom stereocenters. The lowest BCUT2D eigenvalue weighted by Crippen LogP contribution is -2.11. The van der Waals surface area contributed by atoms with Crippen LogP contribution in [0.25, 0.3) is 0 Å². The van der Waals surface area contributed by atoms with E-state index >= 15 is 0 Å². The first-order valence-corrected chi connectivity index (χ1v) is 15.5. The second kappa shape index (κ2) is 9.76. The van der Waals surface area contributed by atoms with Crippen LogP contribution in [0, 0.1) is 11.8 Å². The van der Waals surface area contributed by atoms with E-state index in [0.29, 0.717) is 0 Å². The maximum absolute atomic E-state index is 4.03. The third kappa shape index (κ3) is 7.08. The minimum absolute atomic E-state index is 0.125. The zero-order valence-electron chi connectivity index (χ0n) is 12.0. The van der Waals surface area contributed by atoms with Gasteiger partial charge in [0.05, 0.1) is 0 Å². The fourth-order valence-corrected chi connectivity index (χ4v) is 17.7. The Hall–Kier alpha value is 1.82. The molecule has 0 aromatic rings. The molecule has 2 aliphatic carbocycles. The van der Waals surface area contributed by atoms with Crippen LogP contribution in [-0.4, -0.2) is 18.2 Å². The Kier molecular flexibility index (Phi) is 8.82. The highest BCUT2D eigenvalue weighted by Crippen LogP contribution is 2.61. The first-order chi connectivity index (χ1) is 9.24. The first kappa shape index (κ1) is 17.2. The summed E-state index contributed by atoms with van der Waals surface area (Å²) < 4.78 is 0. The third-order valence-electron chi connectivity index (χ3n) is 4.67. The fourth-order valence-electron chi connectivity index (χ4n) is 3.58. The van der Waals surface area contributed by atoms with E-state index in [0.717, 1.165) is 11.8 Å². The van der Waals surface area contributed by atoms with Gasteiger partial charge in [0.15, 0.2) is 0 Å². The van der Waals surface area contributed by atoms with E-state index in [2.05, 4.69) is 31.0 Å². The Balaban J connectivity index is 1.61. The topological polar surface area (TPSA) is 0 Å². The van der Waals surface area contributed by atoms with Crippen LogP contribution in [-0.2, 0) is 0 Å². The monoisotopic (exact) mass is 428 g/mol. The Morgan fingerprint density at radius 2 is 1.00 bits per heavy atom. The molecule has 4 heteroatoms. The van der Waals surface area contributed by atoms with Gasteiger partial charge in [0.25, 0.3) is 0 Å². The first-order valence-electron chi connectivity index (χ1n) is 8.05. The Labute approximate surface area is 138 Å². The molecule has 0 radical (unpaired) electrons. The zero-order valence-corrected chi connectivity index (χ0v) is 17.0. The summed E-state index contributed by atoms with van der Waals surface area (Å²) >= 11 is 8.06. The van der Waals surface area contributed by atoms with E-state index in [1.807, 2.05) is 0 Å². The van der Waals surface area contributed by atoms with Crippen molar-refractivity contribution in [3.8, 4) is 0 Å². The lowest BCUT2D eigenvalue weighted by molar-refractivity contribution is 0.389. The van der Waals surface area contributed by atoms with Gasteiger partial charge in [-0.15, -0.1) is 0 Å². The number of hydrogen-bond acceptors (Lipinski definition) is 0. The van der Waals surface area contributed by atoms with Gasteiger partial charge < -0.3 is 0 Å². The number of halogens is 2. The summed E-state index contributed by atoms with van der Waals surface area (Å²) in [6.07, 6.45) is 18.0. The molecule has 2 aliphatic rings. The average molecular weight is 430 g/mol. The van der Waals surface area contributed by atoms with Crippen molar-refractivity contribution in [3.05, 3.63) is 0 Å². The molecule has 19 heavy (non-hydrogen) atoms. The molecule has 0 aromatic heterocycles. The van der Waals surface area contributed by atoms with Gasteiger partial charge in [-0.25, -0.2) is 0 Å². The predicted molar refractivity (Wildman–Crippen MR) is 99.4 cm³/mol. The molecule has 0 bridgehead atoms. The summed E-state index contributed by atoms with van der Waals surface area (Å²) in [5, 5.41) is 0. The van der Waals surface area contributed by atoms with Crippen LogP contribution in [0.1, 0.15) is 64.2 Å². The maximum Gasteiger partial charge on any atom is 0.00766 e. The van der Waals surface area contributed by atoms with Gasteiger partial charge in [0.2, 0.25) is 0 Å². The fraction of sp³-hybridized carbons (Fsp3) is 1.00. The molecule has 0 aromatic carbocycles. The SMILES string of the molecule is BrP(CC1CCCCC1)CP(Br)CC1CCCCC1. The van der Waals surface area contributed by atoms with Crippen LogP contribution in [0.4, 0.5) is 0 Å². The van der Waals surface area contributed by atoms with Crippen molar-refractivity contribution in [2.45, 2.75) is 64.2 Å². The molecule has 2 saturated carbocycles. The summed E-state index contributed by atoms with van der Waals surface area (Å²) in [7, 11) is 0. The van der Waals surface area contributed by atoms with Crippen molar-refractivity contribution < 1.29 is 0 Å². The van der Waals surface area contributed by atoms with Crippen molar-refractivity contribution in [2.24, 2.45) is 11.8 Å². The van der Waals surface area contributed by atoms with Gasteiger partial charge in [-0.2, -0.15) is 0 Å². The minimum atomic E-state index is 0.125. The largest absolute Gasteiger partial charge is 0.0601 e. The standard InChI is InChI=1S/C15H28Br2P2/c16-18(11-14-7-3-1-4-8-14)13-19(17)12-15-9-5-2-6-10-15/h14-15H,1-13H2. The smallest absolute Gasteiger partial charge is 0.00766 e. The highest BCUT2D eigenvalue weighted by molar-refractivity contribution is 9.42. The molecular weight excluding hydrogens is 402 g/mol. The normalized spacial score (nSPS) is 26.2. The summed E-state index contributed by atoms with van der Waals surface area (Å²) in [5.74, 6) is 3.55. The van der Waals surface area contributed by atoms with Crippen molar-refractivity contribution >= 4 is 44.2 Å². The molecule has 0 spiro atoms. The van der Waals surface area contributed by atoms with Crippen LogP contribution in [0.15, 0.2) is 0 Å². The third-order valence-corrected chi connectivity index (χ3v) is 14.7. The van der Waals surface area contributed by atoms with Crippen LogP contribution >= 0.6 is 44.2 Å². The molecular formula is C15H28Br2P2. The molecule has 0 heterocycles. The summed E-state index contributed by atoms with van der Waals surface area (Å²) in [4.78, 5) is 0. The van der Waals surface area contributed by atoms with Crippen molar-refractivity contribution in [1.82, 2.24) is 0 Å².